The van der Waals surface area contributed by atoms with Crippen molar-refractivity contribution in [3.8, 4) is 6.07 Å². The van der Waals surface area contributed by atoms with Crippen molar-refractivity contribution in [3.05, 3.63) is 35.4 Å². The smallest absolute Gasteiger partial charge is 0.0995 e. The monoisotopic (exact) mass is 230 g/mol. The predicted molar refractivity (Wildman–Crippen MR) is 66.5 cm³/mol. The molecule has 0 bridgehead atoms. The van der Waals surface area contributed by atoms with Gasteiger partial charge < -0.3 is 10.1 Å². The van der Waals surface area contributed by atoms with Crippen molar-refractivity contribution in [1.82, 2.24) is 5.32 Å². The number of nitrogens with one attached hydrogen (secondary N) is 1. The maximum Gasteiger partial charge on any atom is 0.0995 e. The van der Waals surface area contributed by atoms with Gasteiger partial charge in [0.25, 0.3) is 0 Å². The van der Waals surface area contributed by atoms with Gasteiger partial charge in [0.05, 0.1) is 11.6 Å². The summed E-state index contributed by atoms with van der Waals surface area (Å²) >= 11 is 0. The Hall–Kier alpha value is -1.37. The molecule has 0 amide bonds. The summed E-state index contributed by atoms with van der Waals surface area (Å²) in [5.41, 5.74) is 1.97. The van der Waals surface area contributed by atoms with Crippen molar-refractivity contribution in [2.24, 2.45) is 0 Å². The topological polar surface area (TPSA) is 45.0 Å². The Bertz CT molecular complexity index is 416. The summed E-state index contributed by atoms with van der Waals surface area (Å²) < 4.78 is 5.37. The molecule has 1 N–H and O–H groups in total. The third kappa shape index (κ3) is 3.06. The van der Waals surface area contributed by atoms with Gasteiger partial charge in [0.15, 0.2) is 0 Å². The molecule has 1 aliphatic heterocycles. The van der Waals surface area contributed by atoms with Gasteiger partial charge in [0, 0.05) is 25.3 Å². The first kappa shape index (κ1) is 12.1. The maximum atomic E-state index is 9.02. The molecule has 0 radical (unpaired) electrons. The molecule has 0 aromatic heterocycles. The first-order valence-corrected chi connectivity index (χ1v) is 6.04. The maximum absolute atomic E-state index is 9.02. The first-order valence-electron chi connectivity index (χ1n) is 6.04. The molecule has 3 nitrogen and oxygen atoms in total. The van der Waals surface area contributed by atoms with Crippen LogP contribution >= 0.6 is 0 Å². The van der Waals surface area contributed by atoms with E-state index in [9.17, 15) is 0 Å². The minimum Gasteiger partial charge on any atom is -0.381 e. The lowest BCUT2D eigenvalue weighted by Gasteiger charge is -2.34. The summed E-state index contributed by atoms with van der Waals surface area (Å²) in [6.45, 7) is 4.62. The third-order valence-corrected chi connectivity index (χ3v) is 3.44. The first-order chi connectivity index (χ1) is 8.23. The van der Waals surface area contributed by atoms with Crippen molar-refractivity contribution in [1.29, 1.82) is 5.26 Å². The molecule has 1 aliphatic rings. The number of hydrogen-bond donors (Lipinski definition) is 1. The molecule has 0 atom stereocenters. The van der Waals surface area contributed by atoms with Gasteiger partial charge in [-0.2, -0.15) is 5.26 Å². The van der Waals surface area contributed by atoms with E-state index < -0.39 is 0 Å². The zero-order valence-electron chi connectivity index (χ0n) is 10.2. The van der Waals surface area contributed by atoms with Crippen LogP contribution in [0.25, 0.3) is 0 Å². The Morgan fingerprint density at radius 1 is 1.35 bits per heavy atom. The van der Waals surface area contributed by atoms with E-state index in [2.05, 4.69) is 18.3 Å². The number of benzene rings is 1. The highest BCUT2D eigenvalue weighted by Gasteiger charge is 2.26. The molecule has 0 saturated carbocycles. The number of rotatable bonds is 3. The van der Waals surface area contributed by atoms with Crippen molar-refractivity contribution in [3.63, 3.8) is 0 Å². The zero-order chi connectivity index (χ0) is 12.1. The summed E-state index contributed by atoms with van der Waals surface area (Å²) in [6.07, 6.45) is 2.06. The van der Waals surface area contributed by atoms with Crippen LogP contribution in [-0.4, -0.2) is 18.8 Å². The van der Waals surface area contributed by atoms with E-state index in [4.69, 9.17) is 10.00 Å². The molecule has 2 rings (SSSR count). The van der Waals surface area contributed by atoms with Crippen LogP contribution in [0.3, 0.4) is 0 Å². The zero-order valence-corrected chi connectivity index (χ0v) is 10.2. The Labute approximate surface area is 102 Å². The minimum atomic E-state index is 0.140. The average molecular weight is 230 g/mol. The fraction of sp³-hybridized carbons (Fsp3) is 0.500. The second-order valence-corrected chi connectivity index (χ2v) is 4.80. The number of nitrogens with zero attached hydrogens (tertiary/aromatic N) is 1. The van der Waals surface area contributed by atoms with Crippen LogP contribution in [0, 0.1) is 11.3 Å². The molecule has 0 aliphatic carbocycles. The normalized spacial score (nSPS) is 18.6. The van der Waals surface area contributed by atoms with E-state index in [0.717, 1.165) is 43.7 Å². The Morgan fingerprint density at radius 3 is 2.76 bits per heavy atom. The highest BCUT2D eigenvalue weighted by atomic mass is 16.5. The summed E-state index contributed by atoms with van der Waals surface area (Å²) in [5.74, 6) is 0. The molecule has 3 heteroatoms. The van der Waals surface area contributed by atoms with E-state index in [0.29, 0.717) is 0 Å². The SMILES string of the molecule is CC1(NCc2ccccc2C#N)CCOCC1. The van der Waals surface area contributed by atoms with Crippen LogP contribution in [0.2, 0.25) is 0 Å². The second kappa shape index (κ2) is 5.31. The van der Waals surface area contributed by atoms with Crippen molar-refractivity contribution in [2.45, 2.75) is 31.8 Å². The summed E-state index contributed by atoms with van der Waals surface area (Å²) in [4.78, 5) is 0. The molecule has 1 fully saturated rings. The number of ether oxygens (including phenoxy) is 1. The van der Waals surface area contributed by atoms with Gasteiger partial charge >= 0.3 is 0 Å². The molecule has 1 aromatic carbocycles. The fourth-order valence-electron chi connectivity index (χ4n) is 2.09. The van der Waals surface area contributed by atoms with Gasteiger partial charge in [-0.3, -0.25) is 0 Å². The largest absolute Gasteiger partial charge is 0.381 e. The molecule has 0 spiro atoms. The number of nitriles is 1. The Kier molecular flexibility index (Phi) is 3.78. The van der Waals surface area contributed by atoms with Gasteiger partial charge in [-0.05, 0) is 31.4 Å². The molecule has 1 heterocycles. The summed E-state index contributed by atoms with van der Waals surface area (Å²) in [5, 5.41) is 12.6. The van der Waals surface area contributed by atoms with Gasteiger partial charge in [-0.15, -0.1) is 0 Å². The number of hydrogen-bond acceptors (Lipinski definition) is 3. The van der Waals surface area contributed by atoms with Crippen LogP contribution in [0.15, 0.2) is 24.3 Å². The van der Waals surface area contributed by atoms with Crippen LogP contribution in [0.5, 0.6) is 0 Å². The quantitative estimate of drug-likeness (QED) is 0.866. The van der Waals surface area contributed by atoms with E-state index in [-0.39, 0.29) is 5.54 Å². The molecule has 1 saturated heterocycles. The molecular formula is C14H18N2O. The lowest BCUT2D eigenvalue weighted by molar-refractivity contribution is 0.0446. The van der Waals surface area contributed by atoms with Gasteiger partial charge in [-0.1, -0.05) is 18.2 Å². The van der Waals surface area contributed by atoms with Crippen LogP contribution in [0.1, 0.15) is 30.9 Å². The molecule has 17 heavy (non-hydrogen) atoms. The second-order valence-electron chi connectivity index (χ2n) is 4.80. The van der Waals surface area contributed by atoms with Crippen LogP contribution in [0.4, 0.5) is 0 Å². The average Bonchev–Trinajstić information content (AvgIpc) is 2.38. The summed E-state index contributed by atoms with van der Waals surface area (Å²) in [7, 11) is 0. The van der Waals surface area contributed by atoms with Gasteiger partial charge in [0.2, 0.25) is 0 Å². The van der Waals surface area contributed by atoms with Crippen LogP contribution < -0.4 is 5.32 Å². The Morgan fingerprint density at radius 2 is 2.06 bits per heavy atom. The highest BCUT2D eigenvalue weighted by Crippen LogP contribution is 2.20. The van der Waals surface area contributed by atoms with Gasteiger partial charge in [-0.25, -0.2) is 0 Å². The molecule has 90 valence electrons. The molecule has 0 unspecified atom stereocenters. The van der Waals surface area contributed by atoms with E-state index in [1.807, 2.05) is 24.3 Å². The van der Waals surface area contributed by atoms with E-state index >= 15 is 0 Å². The van der Waals surface area contributed by atoms with E-state index in [1.165, 1.54) is 0 Å². The van der Waals surface area contributed by atoms with Crippen LogP contribution in [-0.2, 0) is 11.3 Å². The predicted octanol–water partition coefficient (Wildman–Crippen LogP) is 2.22. The molecular weight excluding hydrogens is 212 g/mol. The van der Waals surface area contributed by atoms with Crippen molar-refractivity contribution in [2.75, 3.05) is 13.2 Å². The third-order valence-electron chi connectivity index (χ3n) is 3.44. The summed E-state index contributed by atoms with van der Waals surface area (Å²) in [6, 6.07) is 9.98. The van der Waals surface area contributed by atoms with Crippen molar-refractivity contribution >= 4 is 0 Å². The van der Waals surface area contributed by atoms with E-state index in [1.54, 1.807) is 0 Å². The standard InChI is InChI=1S/C14H18N2O/c1-14(6-8-17-9-7-14)16-11-13-5-3-2-4-12(13)10-15/h2-5,16H,6-9,11H2,1H3. The molecule has 1 aromatic rings. The fourth-order valence-corrected chi connectivity index (χ4v) is 2.09. The van der Waals surface area contributed by atoms with Gasteiger partial charge in [0.1, 0.15) is 0 Å². The minimum absolute atomic E-state index is 0.140. The van der Waals surface area contributed by atoms with Crippen molar-refractivity contribution < 1.29 is 4.74 Å². The highest BCUT2D eigenvalue weighted by molar-refractivity contribution is 5.37. The lowest BCUT2D eigenvalue weighted by atomic mass is 9.92. The lowest BCUT2D eigenvalue weighted by Crippen LogP contribution is -2.46. The Balaban J connectivity index is 2.00.